The van der Waals surface area contributed by atoms with E-state index < -0.39 is 11.8 Å². The van der Waals surface area contributed by atoms with Crippen LogP contribution >= 0.6 is 22.7 Å². The number of primary amides is 2. The van der Waals surface area contributed by atoms with Crippen molar-refractivity contribution in [3.63, 3.8) is 0 Å². The first kappa shape index (κ1) is 13.9. The van der Waals surface area contributed by atoms with E-state index in [0.717, 1.165) is 24.3 Å². The molecule has 2 aromatic rings. The number of carbonyl (C=O) groups excluding carboxylic acids is 2. The Labute approximate surface area is 129 Å². The standard InChI is InChI=1S/C13H14N4O2S2/c14-9-8(11(15)18)13(21-10(9)12(16)19)17-3-1-7-6(5-17)2-4-20-7/h2,4H,1,3,5,14H2,(H2,15,18)(H2,16,19). The van der Waals surface area contributed by atoms with E-state index in [-0.39, 0.29) is 16.1 Å². The molecule has 0 radical (unpaired) electrons. The lowest BCUT2D eigenvalue weighted by Gasteiger charge is -2.28. The summed E-state index contributed by atoms with van der Waals surface area (Å²) >= 11 is 2.87. The molecule has 6 nitrogen and oxygen atoms in total. The van der Waals surface area contributed by atoms with E-state index in [1.807, 2.05) is 4.90 Å². The summed E-state index contributed by atoms with van der Waals surface area (Å²) in [5.41, 5.74) is 18.1. The second kappa shape index (κ2) is 5.05. The quantitative estimate of drug-likeness (QED) is 0.786. The van der Waals surface area contributed by atoms with Gasteiger partial charge in [0.05, 0.1) is 11.3 Å². The number of nitrogens with two attached hydrogens (primary N) is 3. The third-order valence-corrected chi connectivity index (χ3v) is 5.80. The minimum absolute atomic E-state index is 0.0890. The lowest BCUT2D eigenvalue weighted by atomic mass is 10.1. The Morgan fingerprint density at radius 2 is 2.00 bits per heavy atom. The summed E-state index contributed by atoms with van der Waals surface area (Å²) in [6.45, 7) is 1.43. The maximum atomic E-state index is 11.7. The van der Waals surface area contributed by atoms with Gasteiger partial charge < -0.3 is 22.1 Å². The Balaban J connectivity index is 2.05. The molecule has 0 atom stereocenters. The van der Waals surface area contributed by atoms with Crippen molar-refractivity contribution in [3.05, 3.63) is 32.3 Å². The molecule has 0 aliphatic carbocycles. The van der Waals surface area contributed by atoms with Gasteiger partial charge in [0.15, 0.2) is 0 Å². The molecule has 1 aliphatic heterocycles. The van der Waals surface area contributed by atoms with Crippen LogP contribution in [0.1, 0.15) is 30.5 Å². The molecule has 1 aliphatic rings. The van der Waals surface area contributed by atoms with Crippen molar-refractivity contribution in [2.75, 3.05) is 17.2 Å². The van der Waals surface area contributed by atoms with Gasteiger partial charge in [-0.05, 0) is 23.4 Å². The molecular formula is C13H14N4O2S2. The number of fused-ring (bicyclic) bond motifs is 1. The van der Waals surface area contributed by atoms with Crippen LogP contribution in [0, 0.1) is 0 Å². The van der Waals surface area contributed by atoms with Crippen LogP contribution in [0.25, 0.3) is 0 Å². The Bertz CT molecular complexity index is 735. The van der Waals surface area contributed by atoms with Crippen LogP contribution < -0.4 is 22.1 Å². The van der Waals surface area contributed by atoms with E-state index in [2.05, 4.69) is 11.4 Å². The van der Waals surface area contributed by atoms with E-state index in [0.29, 0.717) is 11.5 Å². The summed E-state index contributed by atoms with van der Waals surface area (Å²) in [5.74, 6) is -1.28. The average Bonchev–Trinajstić information content (AvgIpc) is 3.01. The molecule has 6 N–H and O–H groups in total. The summed E-state index contributed by atoms with van der Waals surface area (Å²) in [7, 11) is 0. The summed E-state index contributed by atoms with van der Waals surface area (Å²) in [6, 6.07) is 2.07. The van der Waals surface area contributed by atoms with Gasteiger partial charge >= 0.3 is 0 Å². The number of anilines is 2. The zero-order chi connectivity index (χ0) is 15.1. The molecular weight excluding hydrogens is 308 g/mol. The molecule has 8 heteroatoms. The van der Waals surface area contributed by atoms with Gasteiger partial charge in [0, 0.05) is 18.0 Å². The van der Waals surface area contributed by atoms with Gasteiger partial charge in [0.25, 0.3) is 11.8 Å². The molecule has 0 saturated heterocycles. The molecule has 110 valence electrons. The highest BCUT2D eigenvalue weighted by atomic mass is 32.1. The summed E-state index contributed by atoms with van der Waals surface area (Å²) in [4.78, 5) is 26.7. The molecule has 0 fully saturated rings. The number of hydrogen-bond acceptors (Lipinski definition) is 6. The summed E-state index contributed by atoms with van der Waals surface area (Å²) in [6.07, 6.45) is 0.898. The number of nitrogens with zero attached hydrogens (tertiary/aromatic N) is 1. The highest BCUT2D eigenvalue weighted by molar-refractivity contribution is 7.19. The molecule has 0 aromatic carbocycles. The Morgan fingerprint density at radius 1 is 1.24 bits per heavy atom. The summed E-state index contributed by atoms with van der Waals surface area (Å²) in [5, 5.41) is 2.69. The van der Waals surface area contributed by atoms with E-state index in [1.165, 1.54) is 10.4 Å². The third kappa shape index (κ3) is 2.26. The second-order valence-corrected chi connectivity index (χ2v) is 6.79. The highest BCUT2D eigenvalue weighted by Crippen LogP contribution is 2.40. The van der Waals surface area contributed by atoms with E-state index in [1.54, 1.807) is 11.3 Å². The first-order valence-corrected chi connectivity index (χ1v) is 8.00. The van der Waals surface area contributed by atoms with Gasteiger partial charge in [-0.25, -0.2) is 0 Å². The molecule has 0 spiro atoms. The minimum Gasteiger partial charge on any atom is -0.397 e. The van der Waals surface area contributed by atoms with Gasteiger partial charge in [0.2, 0.25) is 0 Å². The van der Waals surface area contributed by atoms with Gasteiger partial charge in [-0.2, -0.15) is 0 Å². The Morgan fingerprint density at radius 3 is 2.67 bits per heavy atom. The second-order valence-electron chi connectivity index (χ2n) is 4.79. The predicted molar refractivity (Wildman–Crippen MR) is 84.8 cm³/mol. The van der Waals surface area contributed by atoms with Gasteiger partial charge in [0.1, 0.15) is 9.88 Å². The lowest BCUT2D eigenvalue weighted by Crippen LogP contribution is -2.30. The monoisotopic (exact) mass is 322 g/mol. The molecule has 0 unspecified atom stereocenters. The maximum absolute atomic E-state index is 11.7. The smallest absolute Gasteiger partial charge is 0.260 e. The van der Waals surface area contributed by atoms with E-state index in [4.69, 9.17) is 17.2 Å². The fourth-order valence-corrected chi connectivity index (χ4v) is 4.49. The maximum Gasteiger partial charge on any atom is 0.260 e. The largest absolute Gasteiger partial charge is 0.397 e. The van der Waals surface area contributed by atoms with Crippen LogP contribution in [-0.4, -0.2) is 18.4 Å². The number of hydrogen-bond donors (Lipinski definition) is 3. The minimum atomic E-state index is -0.639. The SMILES string of the molecule is NC(=O)c1sc(N2CCc3sccc3C2)c(C(N)=O)c1N. The van der Waals surface area contributed by atoms with Crippen molar-refractivity contribution < 1.29 is 9.59 Å². The third-order valence-electron chi connectivity index (χ3n) is 3.49. The number of carbonyl (C=O) groups is 2. The van der Waals surface area contributed by atoms with Crippen LogP contribution in [0.3, 0.4) is 0 Å². The number of nitrogen functional groups attached to an aromatic ring is 1. The molecule has 0 saturated carbocycles. The molecule has 21 heavy (non-hydrogen) atoms. The lowest BCUT2D eigenvalue weighted by molar-refractivity contribution is 0.0999. The normalized spacial score (nSPS) is 14.0. The van der Waals surface area contributed by atoms with Crippen molar-refractivity contribution in [2.24, 2.45) is 11.5 Å². The van der Waals surface area contributed by atoms with Crippen molar-refractivity contribution in [2.45, 2.75) is 13.0 Å². The first-order chi connectivity index (χ1) is 9.99. The van der Waals surface area contributed by atoms with Gasteiger partial charge in [-0.3, -0.25) is 9.59 Å². The van der Waals surface area contributed by atoms with Crippen molar-refractivity contribution >= 4 is 45.2 Å². The van der Waals surface area contributed by atoms with Crippen molar-refractivity contribution in [3.8, 4) is 0 Å². The van der Waals surface area contributed by atoms with Crippen LogP contribution in [0.2, 0.25) is 0 Å². The molecule has 3 rings (SSSR count). The fourth-order valence-electron chi connectivity index (χ4n) is 2.50. The van der Waals surface area contributed by atoms with Crippen LogP contribution in [0.5, 0.6) is 0 Å². The predicted octanol–water partition coefficient (Wildman–Crippen LogP) is 1.15. The van der Waals surface area contributed by atoms with Crippen LogP contribution in [0.15, 0.2) is 11.4 Å². The molecule has 2 aromatic heterocycles. The van der Waals surface area contributed by atoms with Gasteiger partial charge in [-0.1, -0.05) is 0 Å². The topological polar surface area (TPSA) is 115 Å². The average molecular weight is 322 g/mol. The zero-order valence-electron chi connectivity index (χ0n) is 11.1. The number of rotatable bonds is 3. The zero-order valence-corrected chi connectivity index (χ0v) is 12.7. The molecule has 0 bridgehead atoms. The van der Waals surface area contributed by atoms with E-state index >= 15 is 0 Å². The number of thiophene rings is 2. The highest BCUT2D eigenvalue weighted by Gasteiger charge is 2.28. The molecule has 3 heterocycles. The molecule has 2 amide bonds. The van der Waals surface area contributed by atoms with Crippen LogP contribution in [-0.2, 0) is 13.0 Å². The van der Waals surface area contributed by atoms with Crippen LogP contribution in [0.4, 0.5) is 10.7 Å². The Hall–Kier alpha value is -2.06. The Kier molecular flexibility index (Phi) is 3.34. The number of amides is 2. The van der Waals surface area contributed by atoms with Crippen molar-refractivity contribution in [1.82, 2.24) is 0 Å². The fraction of sp³-hybridized carbons (Fsp3) is 0.231. The summed E-state index contributed by atoms with van der Waals surface area (Å²) < 4.78 is 0. The van der Waals surface area contributed by atoms with E-state index in [9.17, 15) is 9.59 Å². The van der Waals surface area contributed by atoms with Crippen molar-refractivity contribution in [1.29, 1.82) is 0 Å². The van der Waals surface area contributed by atoms with Gasteiger partial charge in [-0.15, -0.1) is 22.7 Å². The first-order valence-electron chi connectivity index (χ1n) is 6.31.